The number of hydrogen-bond acceptors (Lipinski definition) is 2. The number of allylic oxidation sites excluding steroid dienone is 3. The average Bonchev–Trinajstić information content (AvgIpc) is 2.04. The quantitative estimate of drug-likeness (QED) is 0.531. The van der Waals surface area contributed by atoms with Gasteiger partial charge in [0.25, 0.3) is 0 Å². The lowest BCUT2D eigenvalue weighted by Crippen LogP contribution is -2.07. The Morgan fingerprint density at radius 2 is 2.45 bits per heavy atom. The van der Waals surface area contributed by atoms with Crippen molar-refractivity contribution in [3.8, 4) is 0 Å². The molecule has 1 aliphatic carbocycles. The van der Waals surface area contributed by atoms with Gasteiger partial charge < -0.3 is 4.74 Å². The van der Waals surface area contributed by atoms with Crippen LogP contribution in [0.1, 0.15) is 6.42 Å². The molecule has 2 nitrogen and oxygen atoms in total. The lowest BCUT2D eigenvalue weighted by atomic mass is 10.0. The molecule has 0 aromatic heterocycles. The van der Waals surface area contributed by atoms with Crippen LogP contribution in [-0.2, 0) is 9.53 Å². The molecule has 0 aromatic carbocycles. The van der Waals surface area contributed by atoms with Gasteiger partial charge in [-0.1, -0.05) is 18.7 Å². The highest BCUT2D eigenvalue weighted by molar-refractivity contribution is 5.93. The molecule has 1 rings (SSSR count). The predicted molar refractivity (Wildman–Crippen MR) is 43.0 cm³/mol. The van der Waals surface area contributed by atoms with Gasteiger partial charge in [0.15, 0.2) is 0 Å². The van der Waals surface area contributed by atoms with Crippen molar-refractivity contribution in [2.45, 2.75) is 6.42 Å². The van der Waals surface area contributed by atoms with Crippen LogP contribution >= 0.6 is 0 Å². The van der Waals surface area contributed by atoms with Crippen LogP contribution in [0.4, 0.5) is 0 Å². The Hall–Kier alpha value is -1.31. The third-order valence-corrected chi connectivity index (χ3v) is 1.55. The monoisotopic (exact) mass is 150 g/mol. The van der Waals surface area contributed by atoms with Gasteiger partial charge in [-0.2, -0.15) is 0 Å². The van der Waals surface area contributed by atoms with Crippen LogP contribution in [0.3, 0.4) is 0 Å². The van der Waals surface area contributed by atoms with Crippen molar-refractivity contribution < 1.29 is 9.53 Å². The van der Waals surface area contributed by atoms with Gasteiger partial charge in [-0.05, 0) is 18.1 Å². The summed E-state index contributed by atoms with van der Waals surface area (Å²) in [6, 6.07) is 0. The summed E-state index contributed by atoms with van der Waals surface area (Å²) >= 11 is 0. The maximum absolute atomic E-state index is 11.0. The van der Waals surface area contributed by atoms with Crippen LogP contribution in [0.2, 0.25) is 0 Å². The molecular weight excluding hydrogens is 140 g/mol. The van der Waals surface area contributed by atoms with Crippen molar-refractivity contribution in [3.63, 3.8) is 0 Å². The number of esters is 1. The van der Waals surface area contributed by atoms with E-state index in [4.69, 9.17) is 0 Å². The fourth-order valence-corrected chi connectivity index (χ4v) is 0.925. The molecule has 0 aliphatic heterocycles. The highest BCUT2D eigenvalue weighted by Gasteiger charge is 2.12. The molecule has 0 unspecified atom stereocenters. The van der Waals surface area contributed by atoms with Gasteiger partial charge >= 0.3 is 5.97 Å². The minimum absolute atomic E-state index is 0.306. The van der Waals surface area contributed by atoms with Crippen LogP contribution in [0, 0.1) is 0 Å². The normalized spacial score (nSPS) is 16.1. The highest BCUT2D eigenvalue weighted by atomic mass is 16.5. The number of ether oxygens (including phenoxy) is 1. The Balaban J connectivity index is 2.84. The first-order valence-corrected chi connectivity index (χ1v) is 3.39. The van der Waals surface area contributed by atoms with Crippen LogP contribution in [-0.4, -0.2) is 13.1 Å². The molecule has 0 heterocycles. The molecule has 0 saturated carbocycles. The zero-order valence-corrected chi connectivity index (χ0v) is 6.46. The van der Waals surface area contributed by atoms with Gasteiger partial charge in [-0.3, -0.25) is 0 Å². The fraction of sp³-hybridized carbons (Fsp3) is 0.222. The van der Waals surface area contributed by atoms with Gasteiger partial charge in [-0.15, -0.1) is 0 Å². The van der Waals surface area contributed by atoms with E-state index >= 15 is 0 Å². The predicted octanol–water partition coefficient (Wildman–Crippen LogP) is 1.60. The third-order valence-electron chi connectivity index (χ3n) is 1.55. The maximum Gasteiger partial charge on any atom is 0.338 e. The van der Waals surface area contributed by atoms with Crippen LogP contribution < -0.4 is 0 Å². The molecule has 0 saturated heterocycles. The van der Waals surface area contributed by atoms with Crippen molar-refractivity contribution in [1.29, 1.82) is 0 Å². The van der Waals surface area contributed by atoms with E-state index in [9.17, 15) is 4.79 Å². The van der Waals surface area contributed by atoms with E-state index in [2.05, 4.69) is 11.3 Å². The first kappa shape index (κ1) is 7.79. The largest absolute Gasteiger partial charge is 0.465 e. The molecule has 0 amide bonds. The number of methoxy groups -OCH3 is 1. The van der Waals surface area contributed by atoms with E-state index in [1.807, 2.05) is 12.2 Å². The van der Waals surface area contributed by atoms with E-state index in [0.717, 1.165) is 12.0 Å². The van der Waals surface area contributed by atoms with E-state index in [1.165, 1.54) is 7.11 Å². The van der Waals surface area contributed by atoms with Crippen molar-refractivity contribution in [3.05, 3.63) is 36.0 Å². The number of rotatable bonds is 1. The molecule has 2 heteroatoms. The van der Waals surface area contributed by atoms with Crippen molar-refractivity contribution in [2.24, 2.45) is 0 Å². The second kappa shape index (κ2) is 3.19. The van der Waals surface area contributed by atoms with Crippen LogP contribution in [0.25, 0.3) is 0 Å². The lowest BCUT2D eigenvalue weighted by molar-refractivity contribution is -0.135. The SMILES string of the molecule is C=C1CC=CC=C1C(=O)OC. The van der Waals surface area contributed by atoms with Gasteiger partial charge in [0, 0.05) is 0 Å². The second-order valence-corrected chi connectivity index (χ2v) is 2.31. The zero-order valence-electron chi connectivity index (χ0n) is 6.46. The Morgan fingerprint density at radius 1 is 1.73 bits per heavy atom. The summed E-state index contributed by atoms with van der Waals surface area (Å²) in [6.07, 6.45) is 6.24. The molecule has 0 aromatic rings. The Bertz CT molecular complexity index is 246. The first-order valence-electron chi connectivity index (χ1n) is 3.39. The number of hydrogen-bond donors (Lipinski definition) is 0. The summed E-state index contributed by atoms with van der Waals surface area (Å²) in [5, 5.41) is 0. The van der Waals surface area contributed by atoms with E-state index in [0.29, 0.717) is 5.57 Å². The van der Waals surface area contributed by atoms with E-state index in [1.54, 1.807) is 6.08 Å². The molecule has 1 aliphatic rings. The average molecular weight is 150 g/mol. The van der Waals surface area contributed by atoms with Gasteiger partial charge in [0.1, 0.15) is 0 Å². The summed E-state index contributed by atoms with van der Waals surface area (Å²) in [4.78, 5) is 11.0. The van der Waals surface area contributed by atoms with Gasteiger partial charge in [-0.25, -0.2) is 4.79 Å². The molecule has 0 bridgehead atoms. The van der Waals surface area contributed by atoms with Crippen LogP contribution in [0.15, 0.2) is 36.0 Å². The van der Waals surface area contributed by atoms with E-state index < -0.39 is 0 Å². The number of carbonyl (C=O) groups excluding carboxylic acids is 1. The summed E-state index contributed by atoms with van der Waals surface area (Å²) in [5.74, 6) is -0.306. The summed E-state index contributed by atoms with van der Waals surface area (Å²) in [6.45, 7) is 3.74. The second-order valence-electron chi connectivity index (χ2n) is 2.31. The molecular formula is C9H10O2. The van der Waals surface area contributed by atoms with Crippen molar-refractivity contribution in [2.75, 3.05) is 7.11 Å². The Labute approximate surface area is 65.9 Å². The Morgan fingerprint density at radius 3 is 3.00 bits per heavy atom. The minimum atomic E-state index is -0.306. The molecule has 0 atom stereocenters. The van der Waals surface area contributed by atoms with E-state index in [-0.39, 0.29) is 5.97 Å². The van der Waals surface area contributed by atoms with Crippen molar-refractivity contribution >= 4 is 5.97 Å². The number of carbonyl (C=O) groups is 1. The molecule has 11 heavy (non-hydrogen) atoms. The molecule has 0 spiro atoms. The minimum Gasteiger partial charge on any atom is -0.465 e. The Kier molecular flexibility index (Phi) is 2.26. The topological polar surface area (TPSA) is 26.3 Å². The summed E-state index contributed by atoms with van der Waals surface area (Å²) in [7, 11) is 1.37. The maximum atomic E-state index is 11.0. The molecule has 58 valence electrons. The van der Waals surface area contributed by atoms with Gasteiger partial charge in [0.05, 0.1) is 12.7 Å². The summed E-state index contributed by atoms with van der Waals surface area (Å²) in [5.41, 5.74) is 1.40. The molecule has 0 fully saturated rings. The lowest BCUT2D eigenvalue weighted by Gasteiger charge is -2.08. The zero-order chi connectivity index (χ0) is 8.27. The third kappa shape index (κ3) is 1.58. The standard InChI is InChI=1S/C9H10O2/c1-7-5-3-4-6-8(7)9(10)11-2/h3-4,6H,1,5H2,2H3. The smallest absolute Gasteiger partial charge is 0.338 e. The van der Waals surface area contributed by atoms with Crippen molar-refractivity contribution in [1.82, 2.24) is 0 Å². The van der Waals surface area contributed by atoms with Gasteiger partial charge in [0.2, 0.25) is 0 Å². The fourth-order valence-electron chi connectivity index (χ4n) is 0.925. The van der Waals surface area contributed by atoms with Crippen LogP contribution in [0.5, 0.6) is 0 Å². The first-order chi connectivity index (χ1) is 5.25. The summed E-state index contributed by atoms with van der Waals surface area (Å²) < 4.78 is 4.56. The highest BCUT2D eigenvalue weighted by Crippen LogP contribution is 2.17. The molecule has 0 N–H and O–H groups in total. The molecule has 0 radical (unpaired) electrons.